The van der Waals surface area contributed by atoms with Crippen molar-refractivity contribution in [3.05, 3.63) is 46.7 Å². The van der Waals surface area contributed by atoms with Crippen LogP contribution < -0.4 is 10.1 Å². The van der Waals surface area contributed by atoms with E-state index in [1.165, 1.54) is 5.69 Å². The van der Waals surface area contributed by atoms with Crippen LogP contribution in [-0.2, 0) is 13.1 Å². The van der Waals surface area contributed by atoms with Crippen molar-refractivity contribution in [1.29, 1.82) is 0 Å². The van der Waals surface area contributed by atoms with Crippen molar-refractivity contribution in [2.24, 2.45) is 0 Å². The van der Waals surface area contributed by atoms with Gasteiger partial charge in [0.15, 0.2) is 0 Å². The van der Waals surface area contributed by atoms with Crippen molar-refractivity contribution in [2.75, 3.05) is 12.4 Å². The summed E-state index contributed by atoms with van der Waals surface area (Å²) in [5.41, 5.74) is 2.36. The molecule has 0 spiro atoms. The lowest BCUT2D eigenvalue weighted by Crippen LogP contribution is -2.05. The van der Waals surface area contributed by atoms with Gasteiger partial charge in [0, 0.05) is 24.1 Å². The van der Waals surface area contributed by atoms with Crippen LogP contribution in [0.25, 0.3) is 0 Å². The molecule has 96 valence electrons. The maximum absolute atomic E-state index is 5.21. The van der Waals surface area contributed by atoms with E-state index in [1.807, 2.05) is 18.2 Å². The molecular weight excluding hydrogens is 292 g/mol. The van der Waals surface area contributed by atoms with E-state index in [0.717, 1.165) is 29.0 Å². The Morgan fingerprint density at radius 2 is 2.17 bits per heavy atom. The van der Waals surface area contributed by atoms with Crippen molar-refractivity contribution < 1.29 is 4.74 Å². The fraction of sp³-hybridized carbons (Fsp3) is 0.286. The van der Waals surface area contributed by atoms with Crippen molar-refractivity contribution in [2.45, 2.75) is 20.0 Å². The Balaban J connectivity index is 2.04. The first-order chi connectivity index (χ1) is 8.74. The van der Waals surface area contributed by atoms with E-state index in [9.17, 15) is 0 Å². The van der Waals surface area contributed by atoms with E-state index in [-0.39, 0.29) is 0 Å². The van der Waals surface area contributed by atoms with Gasteiger partial charge in [-0.15, -0.1) is 0 Å². The number of hydrogen-bond donors (Lipinski definition) is 1. The molecule has 1 aromatic carbocycles. The molecule has 0 unspecified atom stereocenters. The molecule has 0 fully saturated rings. The third-order valence-corrected chi connectivity index (χ3v) is 3.51. The zero-order valence-electron chi connectivity index (χ0n) is 10.6. The molecule has 0 atom stereocenters. The van der Waals surface area contributed by atoms with Gasteiger partial charge in [0.1, 0.15) is 5.75 Å². The molecule has 0 aliphatic rings. The maximum Gasteiger partial charge on any atom is 0.133 e. The highest BCUT2D eigenvalue weighted by molar-refractivity contribution is 9.10. The number of anilines is 1. The summed E-state index contributed by atoms with van der Waals surface area (Å²) < 4.78 is 8.39. The van der Waals surface area contributed by atoms with E-state index in [0.29, 0.717) is 0 Å². The Labute approximate surface area is 116 Å². The van der Waals surface area contributed by atoms with Crippen LogP contribution in [-0.4, -0.2) is 11.7 Å². The van der Waals surface area contributed by atoms with Crippen LogP contribution in [0.1, 0.15) is 12.6 Å². The van der Waals surface area contributed by atoms with Gasteiger partial charge in [-0.1, -0.05) is 0 Å². The van der Waals surface area contributed by atoms with Crippen molar-refractivity contribution >= 4 is 21.6 Å². The number of nitrogens with zero attached hydrogens (tertiary/aromatic N) is 1. The van der Waals surface area contributed by atoms with E-state index in [1.54, 1.807) is 7.11 Å². The normalized spacial score (nSPS) is 10.4. The molecule has 0 bridgehead atoms. The highest BCUT2D eigenvalue weighted by Gasteiger charge is 2.02. The molecule has 1 heterocycles. The van der Waals surface area contributed by atoms with Gasteiger partial charge in [-0.2, -0.15) is 0 Å². The first-order valence-corrected chi connectivity index (χ1v) is 6.75. The number of nitrogens with one attached hydrogen (secondary N) is 1. The van der Waals surface area contributed by atoms with Gasteiger partial charge in [0.2, 0.25) is 0 Å². The summed E-state index contributed by atoms with van der Waals surface area (Å²) in [6, 6.07) is 10.2. The summed E-state index contributed by atoms with van der Waals surface area (Å²) in [5.74, 6) is 0.845. The molecule has 0 saturated heterocycles. The number of benzene rings is 1. The van der Waals surface area contributed by atoms with Crippen LogP contribution >= 0.6 is 15.9 Å². The van der Waals surface area contributed by atoms with E-state index >= 15 is 0 Å². The molecule has 2 rings (SSSR count). The molecule has 2 aromatic rings. The number of rotatable bonds is 5. The molecule has 1 N–H and O–H groups in total. The summed E-state index contributed by atoms with van der Waals surface area (Å²) in [6.07, 6.45) is 2.10. The Hall–Kier alpha value is -1.42. The SMILES string of the molecule is CCn1cccc1CNc1ccc(OC)c(Br)c1. The minimum atomic E-state index is 0.819. The summed E-state index contributed by atoms with van der Waals surface area (Å²) in [5, 5.41) is 3.41. The molecule has 4 heteroatoms. The smallest absolute Gasteiger partial charge is 0.133 e. The number of aromatic nitrogens is 1. The molecule has 0 saturated carbocycles. The maximum atomic E-state index is 5.21. The third kappa shape index (κ3) is 2.88. The van der Waals surface area contributed by atoms with Crippen LogP contribution in [0, 0.1) is 0 Å². The number of aryl methyl sites for hydroxylation is 1. The highest BCUT2D eigenvalue weighted by Crippen LogP contribution is 2.27. The van der Waals surface area contributed by atoms with Crippen molar-refractivity contribution in [1.82, 2.24) is 4.57 Å². The second kappa shape index (κ2) is 5.96. The summed E-state index contributed by atoms with van der Waals surface area (Å²) in [4.78, 5) is 0. The van der Waals surface area contributed by atoms with Gasteiger partial charge in [-0.3, -0.25) is 0 Å². The Morgan fingerprint density at radius 3 is 2.83 bits per heavy atom. The average Bonchev–Trinajstić information content (AvgIpc) is 2.84. The Bertz CT molecular complexity index is 522. The monoisotopic (exact) mass is 308 g/mol. The Kier molecular flexibility index (Phi) is 4.31. The number of ether oxygens (including phenoxy) is 1. The van der Waals surface area contributed by atoms with Crippen LogP contribution in [0.15, 0.2) is 41.0 Å². The summed E-state index contributed by atoms with van der Waals surface area (Å²) >= 11 is 3.48. The van der Waals surface area contributed by atoms with E-state index in [2.05, 4.69) is 51.1 Å². The molecule has 3 nitrogen and oxygen atoms in total. The number of hydrogen-bond acceptors (Lipinski definition) is 2. The van der Waals surface area contributed by atoms with Crippen LogP contribution in [0.3, 0.4) is 0 Å². The molecule has 0 aliphatic carbocycles. The highest BCUT2D eigenvalue weighted by atomic mass is 79.9. The first kappa shape index (κ1) is 13.0. The van der Waals surface area contributed by atoms with Gasteiger partial charge in [-0.05, 0) is 53.2 Å². The summed E-state index contributed by atoms with van der Waals surface area (Å²) in [7, 11) is 1.67. The fourth-order valence-corrected chi connectivity index (χ4v) is 2.43. The van der Waals surface area contributed by atoms with Crippen molar-refractivity contribution in [3.63, 3.8) is 0 Å². The van der Waals surface area contributed by atoms with Crippen LogP contribution in [0.5, 0.6) is 5.75 Å². The van der Waals surface area contributed by atoms with E-state index < -0.39 is 0 Å². The molecule has 18 heavy (non-hydrogen) atoms. The molecule has 0 radical (unpaired) electrons. The van der Waals surface area contributed by atoms with Gasteiger partial charge in [0.25, 0.3) is 0 Å². The van der Waals surface area contributed by atoms with Crippen LogP contribution in [0.4, 0.5) is 5.69 Å². The first-order valence-electron chi connectivity index (χ1n) is 5.96. The Morgan fingerprint density at radius 1 is 1.33 bits per heavy atom. The molecule has 0 aliphatic heterocycles. The largest absolute Gasteiger partial charge is 0.496 e. The van der Waals surface area contributed by atoms with Crippen molar-refractivity contribution in [3.8, 4) is 5.75 Å². The topological polar surface area (TPSA) is 26.2 Å². The second-order valence-electron chi connectivity index (χ2n) is 3.99. The minimum absolute atomic E-state index is 0.819. The predicted molar refractivity (Wildman–Crippen MR) is 78.1 cm³/mol. The minimum Gasteiger partial charge on any atom is -0.496 e. The zero-order chi connectivity index (χ0) is 13.0. The fourth-order valence-electron chi connectivity index (χ4n) is 1.89. The van der Waals surface area contributed by atoms with Gasteiger partial charge >= 0.3 is 0 Å². The zero-order valence-corrected chi connectivity index (χ0v) is 12.2. The predicted octanol–water partition coefficient (Wildman–Crippen LogP) is 3.89. The molecular formula is C14H17BrN2O. The van der Waals surface area contributed by atoms with Gasteiger partial charge in [-0.25, -0.2) is 0 Å². The number of methoxy groups -OCH3 is 1. The van der Waals surface area contributed by atoms with Crippen LogP contribution in [0.2, 0.25) is 0 Å². The quantitative estimate of drug-likeness (QED) is 0.907. The molecule has 0 amide bonds. The third-order valence-electron chi connectivity index (χ3n) is 2.89. The van der Waals surface area contributed by atoms with Gasteiger partial charge < -0.3 is 14.6 Å². The van der Waals surface area contributed by atoms with Gasteiger partial charge in [0.05, 0.1) is 18.1 Å². The molecule has 1 aromatic heterocycles. The van der Waals surface area contributed by atoms with E-state index in [4.69, 9.17) is 4.74 Å². The lowest BCUT2D eigenvalue weighted by Gasteiger charge is -2.11. The number of halogens is 1. The second-order valence-corrected chi connectivity index (χ2v) is 4.84. The lowest BCUT2D eigenvalue weighted by molar-refractivity contribution is 0.412. The standard InChI is InChI=1S/C14H17BrN2O/c1-3-17-8-4-5-12(17)10-16-11-6-7-14(18-2)13(15)9-11/h4-9,16H,3,10H2,1-2H3. The average molecular weight is 309 g/mol. The lowest BCUT2D eigenvalue weighted by atomic mass is 10.3. The summed E-state index contributed by atoms with van der Waals surface area (Å²) in [6.45, 7) is 3.96.